The van der Waals surface area contributed by atoms with Gasteiger partial charge in [-0.15, -0.1) is 11.8 Å². The quantitative estimate of drug-likeness (QED) is 0.181. The molecule has 2 atom stereocenters. The summed E-state index contributed by atoms with van der Waals surface area (Å²) < 4.78 is 6.77. The lowest BCUT2D eigenvalue weighted by Crippen LogP contribution is -2.35. The Labute approximate surface area is 318 Å². The third-order valence-electron chi connectivity index (χ3n) is 12.4. The molecule has 2 unspecified atom stereocenters. The second-order valence-corrected chi connectivity index (χ2v) is 16.4. The van der Waals surface area contributed by atoms with E-state index < -0.39 is 0 Å². The largest absolute Gasteiger partial charge is 0.455 e. The number of allylic oxidation sites excluding steroid dienone is 4. The van der Waals surface area contributed by atoms with E-state index in [1.807, 2.05) is 11.8 Å². The van der Waals surface area contributed by atoms with Gasteiger partial charge in [-0.25, -0.2) is 0 Å². The highest BCUT2D eigenvalue weighted by Gasteiger charge is 2.42. The van der Waals surface area contributed by atoms with Gasteiger partial charge in [0.2, 0.25) is 0 Å². The highest BCUT2D eigenvalue weighted by Crippen LogP contribution is 2.58. The van der Waals surface area contributed by atoms with E-state index in [1.165, 1.54) is 97.7 Å². The average molecular weight is 709 g/mol. The second-order valence-electron chi connectivity index (χ2n) is 15.2. The molecule has 0 amide bonds. The Balaban J connectivity index is 1.17. The summed E-state index contributed by atoms with van der Waals surface area (Å²) in [5, 5.41) is 10.7. The fourth-order valence-corrected chi connectivity index (χ4v) is 11.6. The van der Waals surface area contributed by atoms with Gasteiger partial charge in [0.05, 0.1) is 0 Å². The number of fused-ring (bicyclic) bond motifs is 12. The maximum atomic E-state index is 6.77. The van der Waals surface area contributed by atoms with Crippen molar-refractivity contribution in [2.45, 2.75) is 41.7 Å². The van der Waals surface area contributed by atoms with Crippen molar-refractivity contribution in [3.8, 4) is 11.1 Å². The van der Waals surface area contributed by atoms with Gasteiger partial charge in [0, 0.05) is 32.4 Å². The minimum absolute atomic E-state index is 0.237. The van der Waals surface area contributed by atoms with Crippen molar-refractivity contribution in [2.75, 3.05) is 0 Å². The molecule has 0 spiro atoms. The molecule has 54 heavy (non-hydrogen) atoms. The summed E-state index contributed by atoms with van der Waals surface area (Å²) in [5.74, 6) is 0.237. The zero-order chi connectivity index (χ0) is 35.3. The van der Waals surface area contributed by atoms with Gasteiger partial charge in [0.15, 0.2) is 0 Å². The molecule has 8 aromatic rings. The fraction of sp³-hybridized carbons (Fsp3) is 0.115. The van der Waals surface area contributed by atoms with E-state index in [1.54, 1.807) is 0 Å². The SMILES string of the molecule is C1=CCCC(c2ccc(-c3c4c(c(C5=Cc6c(ccc7c6oc6ccccc67)C6c7ccccc7SC56)c5ccccc35)=CCCC=4)c3ccccc23)=C1. The molecule has 3 aliphatic carbocycles. The van der Waals surface area contributed by atoms with Crippen LogP contribution in [-0.2, 0) is 0 Å². The lowest BCUT2D eigenvalue weighted by molar-refractivity contribution is 0.666. The molecule has 2 heterocycles. The van der Waals surface area contributed by atoms with E-state index in [0.717, 1.165) is 36.8 Å². The van der Waals surface area contributed by atoms with Crippen molar-refractivity contribution >= 4 is 84.6 Å². The molecule has 7 aromatic carbocycles. The van der Waals surface area contributed by atoms with Gasteiger partial charge >= 0.3 is 0 Å². The molecule has 0 radical (unpaired) electrons. The van der Waals surface area contributed by atoms with Crippen molar-refractivity contribution in [3.63, 3.8) is 0 Å². The summed E-state index contributed by atoms with van der Waals surface area (Å²) in [6.45, 7) is 0. The number of hydrogen-bond donors (Lipinski definition) is 0. The van der Waals surface area contributed by atoms with Gasteiger partial charge < -0.3 is 4.42 Å². The molecule has 256 valence electrons. The van der Waals surface area contributed by atoms with Gasteiger partial charge in [0.1, 0.15) is 11.2 Å². The topological polar surface area (TPSA) is 13.1 Å². The summed E-state index contributed by atoms with van der Waals surface area (Å²) >= 11 is 2.04. The van der Waals surface area contributed by atoms with Crippen LogP contribution in [0, 0.1) is 0 Å². The molecule has 0 fully saturated rings. The monoisotopic (exact) mass is 708 g/mol. The number of rotatable bonds is 3. The Morgan fingerprint density at radius 3 is 2.06 bits per heavy atom. The first-order valence-corrected chi connectivity index (χ1v) is 20.2. The van der Waals surface area contributed by atoms with Gasteiger partial charge in [-0.2, -0.15) is 0 Å². The molecule has 0 bridgehead atoms. The first-order valence-electron chi connectivity index (χ1n) is 19.4. The van der Waals surface area contributed by atoms with Crippen LogP contribution in [-0.4, -0.2) is 5.25 Å². The minimum Gasteiger partial charge on any atom is -0.455 e. The fourth-order valence-electron chi connectivity index (χ4n) is 10.1. The number of furan rings is 1. The summed E-state index contributed by atoms with van der Waals surface area (Å²) in [5.41, 5.74) is 14.2. The molecule has 2 heteroatoms. The Morgan fingerprint density at radius 2 is 1.24 bits per heavy atom. The minimum atomic E-state index is 0.237. The maximum Gasteiger partial charge on any atom is 0.142 e. The highest BCUT2D eigenvalue weighted by molar-refractivity contribution is 8.00. The third kappa shape index (κ3) is 4.35. The van der Waals surface area contributed by atoms with Crippen LogP contribution in [0.2, 0.25) is 0 Å². The molecule has 1 nitrogen and oxygen atoms in total. The summed E-state index contributed by atoms with van der Waals surface area (Å²) in [4.78, 5) is 1.39. The molecule has 12 rings (SSSR count). The van der Waals surface area contributed by atoms with Crippen LogP contribution >= 0.6 is 11.8 Å². The van der Waals surface area contributed by atoms with Crippen LogP contribution in [0.4, 0.5) is 0 Å². The van der Waals surface area contributed by atoms with Crippen LogP contribution < -0.4 is 10.4 Å². The first-order chi connectivity index (χ1) is 26.8. The van der Waals surface area contributed by atoms with E-state index in [9.17, 15) is 0 Å². The van der Waals surface area contributed by atoms with Crippen LogP contribution in [0.15, 0.2) is 149 Å². The van der Waals surface area contributed by atoms with Crippen LogP contribution in [0.5, 0.6) is 0 Å². The Kier molecular flexibility index (Phi) is 6.71. The van der Waals surface area contributed by atoms with Gasteiger partial charge in [0.25, 0.3) is 0 Å². The third-order valence-corrected chi connectivity index (χ3v) is 13.8. The van der Waals surface area contributed by atoms with E-state index in [-0.39, 0.29) is 11.2 Å². The molecule has 1 aliphatic heterocycles. The number of para-hydroxylation sites is 1. The van der Waals surface area contributed by atoms with E-state index in [2.05, 4.69) is 158 Å². The van der Waals surface area contributed by atoms with E-state index >= 15 is 0 Å². The van der Waals surface area contributed by atoms with E-state index in [0.29, 0.717) is 0 Å². The van der Waals surface area contributed by atoms with Crippen molar-refractivity contribution in [1.82, 2.24) is 0 Å². The smallest absolute Gasteiger partial charge is 0.142 e. The molecule has 4 aliphatic rings. The zero-order valence-corrected chi connectivity index (χ0v) is 30.6. The van der Waals surface area contributed by atoms with Crippen molar-refractivity contribution in [1.29, 1.82) is 0 Å². The molecule has 1 aromatic heterocycles. The molecule has 0 saturated heterocycles. The molecule has 0 saturated carbocycles. The maximum absolute atomic E-state index is 6.77. The standard InChI is InChI=1S/C52H36OS/c1-2-14-31(15-3-1)32-26-27-40(34-17-5-4-16-33(32)34)48-36-19-6-8-21-38(36)49(39-22-9-7-20-37(39)48)45-30-44-41(50-43-23-11-13-25-47(43)54-52(45)50)28-29-42-35-18-10-12-24-46(35)53-51(42)44/h1-2,4-6,8,10-14,16-30,50,52H,3,7,9,15H2. The molecular formula is C52H36OS. The van der Waals surface area contributed by atoms with Crippen LogP contribution in [0.1, 0.15) is 59.4 Å². The average Bonchev–Trinajstić information content (AvgIpc) is 3.82. The normalized spacial score (nSPS) is 18.4. The van der Waals surface area contributed by atoms with Crippen molar-refractivity contribution in [2.24, 2.45) is 0 Å². The number of hydrogen-bond acceptors (Lipinski definition) is 2. The first kappa shape index (κ1) is 30.6. The van der Waals surface area contributed by atoms with Crippen molar-refractivity contribution in [3.05, 3.63) is 178 Å². The number of thioether (sulfide) groups is 1. The molecule has 0 N–H and O–H groups in total. The van der Waals surface area contributed by atoms with E-state index in [4.69, 9.17) is 4.42 Å². The lowest BCUT2D eigenvalue weighted by Gasteiger charge is -2.31. The van der Waals surface area contributed by atoms with Gasteiger partial charge in [-0.05, 0) is 120 Å². The van der Waals surface area contributed by atoms with Crippen molar-refractivity contribution < 1.29 is 4.42 Å². The Morgan fingerprint density at radius 1 is 0.556 bits per heavy atom. The van der Waals surface area contributed by atoms with Crippen LogP contribution in [0.3, 0.4) is 0 Å². The van der Waals surface area contributed by atoms with Gasteiger partial charge in [-0.3, -0.25) is 0 Å². The highest BCUT2D eigenvalue weighted by atomic mass is 32.2. The predicted octanol–water partition coefficient (Wildman–Crippen LogP) is 12.8. The lowest BCUT2D eigenvalue weighted by atomic mass is 9.75. The summed E-state index contributed by atoms with van der Waals surface area (Å²) in [7, 11) is 0. The summed E-state index contributed by atoms with van der Waals surface area (Å²) in [6, 6.07) is 45.4. The Hall–Kier alpha value is -5.83. The Bertz CT molecular complexity index is 3150. The van der Waals surface area contributed by atoms with Gasteiger partial charge in [-0.1, -0.05) is 140 Å². The zero-order valence-electron chi connectivity index (χ0n) is 29.8. The predicted molar refractivity (Wildman–Crippen MR) is 230 cm³/mol. The van der Waals surface area contributed by atoms with Crippen LogP contribution in [0.25, 0.3) is 84.0 Å². The second kappa shape index (κ2) is 11.8. The molecular weight excluding hydrogens is 673 g/mol. The summed E-state index contributed by atoms with van der Waals surface area (Å²) in [6.07, 6.45) is 18.6. The number of benzene rings is 7.